The third-order valence-corrected chi connectivity index (χ3v) is 2.57. The molecule has 1 atom stereocenters. The molecule has 0 fully saturated rings. The van der Waals surface area contributed by atoms with Gasteiger partial charge in [0.05, 0.1) is 13.2 Å². The lowest BCUT2D eigenvalue weighted by Crippen LogP contribution is -2.44. The SMILES string of the molecule is COc1ccc(CC(C#N)C(=O)NC(C)(C)C)cc1. The van der Waals surface area contributed by atoms with Gasteiger partial charge in [0, 0.05) is 5.54 Å². The first-order chi connectivity index (χ1) is 8.85. The van der Waals surface area contributed by atoms with Crippen LogP contribution in [0.25, 0.3) is 0 Å². The second kappa shape index (κ2) is 6.24. The minimum absolute atomic E-state index is 0.231. The topological polar surface area (TPSA) is 62.1 Å². The summed E-state index contributed by atoms with van der Waals surface area (Å²) in [6.07, 6.45) is 0.405. The Kier molecular flexibility index (Phi) is 4.94. The highest BCUT2D eigenvalue weighted by Gasteiger charge is 2.22. The highest BCUT2D eigenvalue weighted by atomic mass is 16.5. The van der Waals surface area contributed by atoms with Gasteiger partial charge < -0.3 is 10.1 Å². The Morgan fingerprint density at radius 2 is 1.95 bits per heavy atom. The lowest BCUT2D eigenvalue weighted by molar-refractivity contribution is -0.124. The van der Waals surface area contributed by atoms with Gasteiger partial charge in [0.2, 0.25) is 5.91 Å². The van der Waals surface area contributed by atoms with Crippen molar-refractivity contribution in [3.63, 3.8) is 0 Å². The number of nitriles is 1. The molecule has 0 spiro atoms. The molecule has 0 aliphatic rings. The molecule has 0 aliphatic carbocycles. The first kappa shape index (κ1) is 15.0. The number of ether oxygens (including phenoxy) is 1. The molecule has 1 N–H and O–H groups in total. The van der Waals surface area contributed by atoms with Crippen molar-refractivity contribution < 1.29 is 9.53 Å². The van der Waals surface area contributed by atoms with E-state index in [1.165, 1.54) is 0 Å². The van der Waals surface area contributed by atoms with Crippen molar-refractivity contribution in [1.29, 1.82) is 5.26 Å². The summed E-state index contributed by atoms with van der Waals surface area (Å²) in [4.78, 5) is 12.0. The first-order valence-corrected chi connectivity index (χ1v) is 6.20. The van der Waals surface area contributed by atoms with E-state index in [1.807, 2.05) is 45.0 Å². The van der Waals surface area contributed by atoms with Crippen LogP contribution in [0.4, 0.5) is 0 Å². The molecule has 1 unspecified atom stereocenters. The van der Waals surface area contributed by atoms with Crippen LogP contribution in [-0.2, 0) is 11.2 Å². The van der Waals surface area contributed by atoms with Crippen LogP contribution < -0.4 is 10.1 Å². The van der Waals surface area contributed by atoms with Gasteiger partial charge in [-0.1, -0.05) is 12.1 Å². The van der Waals surface area contributed by atoms with Gasteiger partial charge in [-0.25, -0.2) is 0 Å². The first-order valence-electron chi connectivity index (χ1n) is 6.20. The second-order valence-corrected chi connectivity index (χ2v) is 5.47. The van der Waals surface area contributed by atoms with Crippen LogP contribution in [-0.4, -0.2) is 18.6 Å². The average molecular weight is 260 g/mol. The summed E-state index contributed by atoms with van der Waals surface area (Å²) in [5, 5.41) is 11.9. The summed E-state index contributed by atoms with van der Waals surface area (Å²) in [5.41, 5.74) is 0.614. The Morgan fingerprint density at radius 1 is 1.37 bits per heavy atom. The van der Waals surface area contributed by atoms with Crippen molar-refractivity contribution in [3.05, 3.63) is 29.8 Å². The zero-order valence-electron chi connectivity index (χ0n) is 11.9. The number of carbonyl (C=O) groups excluding carboxylic acids is 1. The highest BCUT2D eigenvalue weighted by molar-refractivity contribution is 5.82. The smallest absolute Gasteiger partial charge is 0.238 e. The Morgan fingerprint density at radius 3 is 2.37 bits per heavy atom. The molecule has 1 aromatic carbocycles. The normalized spacial score (nSPS) is 12.4. The predicted octanol–water partition coefficient (Wildman–Crippen LogP) is 2.29. The predicted molar refractivity (Wildman–Crippen MR) is 73.7 cm³/mol. The summed E-state index contributed by atoms with van der Waals surface area (Å²) in [6, 6.07) is 9.45. The maximum atomic E-state index is 12.0. The zero-order valence-corrected chi connectivity index (χ0v) is 11.9. The molecule has 1 amide bonds. The van der Waals surface area contributed by atoms with Gasteiger partial charge in [0.1, 0.15) is 11.7 Å². The largest absolute Gasteiger partial charge is 0.497 e. The number of hydrogen-bond acceptors (Lipinski definition) is 3. The number of hydrogen-bond donors (Lipinski definition) is 1. The number of benzene rings is 1. The standard InChI is InChI=1S/C15H20N2O2/c1-15(2,3)17-14(18)12(10-16)9-11-5-7-13(19-4)8-6-11/h5-8,12H,9H2,1-4H3,(H,17,18). The van der Waals surface area contributed by atoms with E-state index in [4.69, 9.17) is 10.00 Å². The van der Waals surface area contributed by atoms with E-state index in [9.17, 15) is 4.79 Å². The molecule has 0 saturated carbocycles. The van der Waals surface area contributed by atoms with E-state index in [0.717, 1.165) is 11.3 Å². The van der Waals surface area contributed by atoms with Gasteiger partial charge in [-0.15, -0.1) is 0 Å². The highest BCUT2D eigenvalue weighted by Crippen LogP contribution is 2.15. The second-order valence-electron chi connectivity index (χ2n) is 5.47. The van der Waals surface area contributed by atoms with E-state index in [0.29, 0.717) is 6.42 Å². The Balaban J connectivity index is 2.71. The van der Waals surface area contributed by atoms with E-state index in [-0.39, 0.29) is 11.4 Å². The fourth-order valence-corrected chi connectivity index (χ4v) is 1.65. The van der Waals surface area contributed by atoms with Crippen LogP contribution in [0.2, 0.25) is 0 Å². The van der Waals surface area contributed by atoms with Gasteiger partial charge in [0.25, 0.3) is 0 Å². The summed E-state index contributed by atoms with van der Waals surface area (Å²) in [5.74, 6) is -0.144. The molecule has 19 heavy (non-hydrogen) atoms. The van der Waals surface area contributed by atoms with Crippen molar-refractivity contribution in [3.8, 4) is 11.8 Å². The van der Waals surface area contributed by atoms with Crippen LogP contribution in [0.1, 0.15) is 26.3 Å². The third kappa shape index (κ3) is 5.01. The van der Waals surface area contributed by atoms with Gasteiger partial charge in [0.15, 0.2) is 0 Å². The van der Waals surface area contributed by atoms with Gasteiger partial charge in [-0.2, -0.15) is 5.26 Å². The van der Waals surface area contributed by atoms with E-state index >= 15 is 0 Å². The van der Waals surface area contributed by atoms with Gasteiger partial charge >= 0.3 is 0 Å². The fraction of sp³-hybridized carbons (Fsp3) is 0.467. The van der Waals surface area contributed by atoms with Crippen LogP contribution in [0.3, 0.4) is 0 Å². The lowest BCUT2D eigenvalue weighted by atomic mass is 9.98. The van der Waals surface area contributed by atoms with Gasteiger partial charge in [-0.3, -0.25) is 4.79 Å². The Labute approximate surface area is 114 Å². The number of amides is 1. The molecule has 4 nitrogen and oxygen atoms in total. The quantitative estimate of drug-likeness (QED) is 0.903. The number of methoxy groups -OCH3 is 1. The number of carbonyl (C=O) groups is 1. The molecule has 0 heterocycles. The summed E-state index contributed by atoms with van der Waals surface area (Å²) in [6.45, 7) is 5.69. The minimum Gasteiger partial charge on any atom is -0.497 e. The monoisotopic (exact) mass is 260 g/mol. The third-order valence-electron chi connectivity index (χ3n) is 2.57. The molecule has 0 bridgehead atoms. The molecule has 0 aromatic heterocycles. The maximum Gasteiger partial charge on any atom is 0.238 e. The minimum atomic E-state index is -0.674. The van der Waals surface area contributed by atoms with Crippen molar-refractivity contribution in [2.24, 2.45) is 5.92 Å². The maximum absolute atomic E-state index is 12.0. The zero-order chi connectivity index (χ0) is 14.5. The van der Waals surface area contributed by atoms with Crippen LogP contribution in [0.15, 0.2) is 24.3 Å². The molecular weight excluding hydrogens is 240 g/mol. The fourth-order valence-electron chi connectivity index (χ4n) is 1.65. The molecule has 0 aliphatic heterocycles. The molecule has 4 heteroatoms. The Hall–Kier alpha value is -2.02. The molecular formula is C15H20N2O2. The van der Waals surface area contributed by atoms with Crippen molar-refractivity contribution in [2.45, 2.75) is 32.7 Å². The molecule has 1 rings (SSSR count). The number of nitrogens with zero attached hydrogens (tertiary/aromatic N) is 1. The van der Waals surface area contributed by atoms with E-state index in [1.54, 1.807) is 7.11 Å². The van der Waals surface area contributed by atoms with Crippen LogP contribution in [0, 0.1) is 17.2 Å². The summed E-state index contributed by atoms with van der Waals surface area (Å²) >= 11 is 0. The van der Waals surface area contributed by atoms with Crippen molar-refractivity contribution >= 4 is 5.91 Å². The lowest BCUT2D eigenvalue weighted by Gasteiger charge is -2.22. The van der Waals surface area contributed by atoms with E-state index in [2.05, 4.69) is 11.4 Å². The molecule has 0 saturated heterocycles. The Bertz CT molecular complexity index is 466. The number of rotatable bonds is 4. The van der Waals surface area contributed by atoms with Crippen molar-refractivity contribution in [1.82, 2.24) is 5.32 Å². The molecule has 0 radical (unpaired) electrons. The molecule has 1 aromatic rings. The average Bonchev–Trinajstić information content (AvgIpc) is 2.34. The van der Waals surface area contributed by atoms with Crippen LogP contribution in [0.5, 0.6) is 5.75 Å². The van der Waals surface area contributed by atoms with E-state index < -0.39 is 5.92 Å². The van der Waals surface area contributed by atoms with Crippen molar-refractivity contribution in [2.75, 3.05) is 7.11 Å². The van der Waals surface area contributed by atoms with Crippen LogP contribution >= 0.6 is 0 Å². The number of nitrogens with one attached hydrogen (secondary N) is 1. The van der Waals surface area contributed by atoms with Gasteiger partial charge in [-0.05, 0) is 44.9 Å². The summed E-state index contributed by atoms with van der Waals surface area (Å²) < 4.78 is 5.07. The summed E-state index contributed by atoms with van der Waals surface area (Å²) in [7, 11) is 1.60. The molecule has 102 valence electrons.